The molecule has 2 nitrogen and oxygen atoms in total. The van der Waals surface area contributed by atoms with E-state index >= 15 is 0 Å². The van der Waals surface area contributed by atoms with Gasteiger partial charge < -0.3 is 0 Å². The van der Waals surface area contributed by atoms with E-state index in [1.54, 1.807) is 0 Å². The van der Waals surface area contributed by atoms with E-state index in [2.05, 4.69) is 4.52 Å². The number of nitrogens with zero attached hydrogens (tertiary/aromatic N) is 2. The van der Waals surface area contributed by atoms with Gasteiger partial charge in [-0.15, -0.1) is 0 Å². The summed E-state index contributed by atoms with van der Waals surface area (Å²) < 4.78 is 4.21. The summed E-state index contributed by atoms with van der Waals surface area (Å²) in [7, 11) is 1.94. The Morgan fingerprint density at radius 3 is 1.58 bits per heavy atom. The maximum absolute atomic E-state index is 5.65. The Balaban J connectivity index is 5.12. The topological polar surface area (TPSA) is 15.6 Å². The van der Waals surface area contributed by atoms with E-state index in [1.165, 1.54) is 0 Å². The zero-order valence-corrected chi connectivity index (χ0v) is 13.2. The van der Waals surface area contributed by atoms with Crippen LogP contribution in [0.25, 0.3) is 0 Å². The van der Waals surface area contributed by atoms with Crippen LogP contribution in [0.5, 0.6) is 0 Å². The van der Waals surface area contributed by atoms with E-state index in [1.807, 2.05) is 9.39 Å². The molecule has 0 spiro atoms. The van der Waals surface area contributed by atoms with E-state index in [-0.39, 0.29) is 0 Å². The van der Waals surface area contributed by atoms with Crippen molar-refractivity contribution in [3.05, 3.63) is 0 Å². The van der Waals surface area contributed by atoms with Gasteiger partial charge in [-0.2, -0.15) is 0 Å². The van der Waals surface area contributed by atoms with Crippen LogP contribution in [0.3, 0.4) is 0 Å². The summed E-state index contributed by atoms with van der Waals surface area (Å²) in [6.45, 7) is 0. The first kappa shape index (κ1) is 15.1. The van der Waals surface area contributed by atoms with E-state index in [4.69, 9.17) is 79.2 Å². The van der Waals surface area contributed by atoms with Crippen LogP contribution in [0.4, 0.5) is 0 Å². The summed E-state index contributed by atoms with van der Waals surface area (Å²) in [5.74, 6) is 0. The van der Waals surface area contributed by atoms with Crippen molar-refractivity contribution in [2.45, 2.75) is 0 Å². The number of hydrogen-bond donors (Lipinski definition) is 0. The summed E-state index contributed by atoms with van der Waals surface area (Å²) >= 11 is 38.6. The molecule has 76 valence electrons. The molecule has 0 aliphatic carbocycles. The molecular weight excluding hydrogens is 369 g/mol. The monoisotopic (exact) mass is 368 g/mol. The van der Waals surface area contributed by atoms with Crippen molar-refractivity contribution in [2.75, 3.05) is 0 Å². The average molecular weight is 371 g/mol. The molecule has 0 bridgehead atoms. The van der Waals surface area contributed by atoms with Crippen LogP contribution >= 0.6 is 98.7 Å². The van der Waals surface area contributed by atoms with Gasteiger partial charge in [-0.25, -0.2) is 0 Å². The van der Waals surface area contributed by atoms with Crippen LogP contribution in [-0.4, -0.2) is 3.96 Å². The minimum atomic E-state index is -4.12. The molecule has 12 heavy (non-hydrogen) atoms. The van der Waals surface area contributed by atoms with Crippen molar-refractivity contribution in [1.82, 2.24) is 3.96 Å². The number of halogens is 7. The van der Waals surface area contributed by atoms with Crippen LogP contribution in [-0.2, 0) is 0 Å². The predicted molar refractivity (Wildman–Crippen MR) is 68.8 cm³/mol. The molecule has 0 fully saturated rings. The molecule has 0 aromatic carbocycles. The normalized spacial score (nSPS) is 17.2. The van der Waals surface area contributed by atoms with Gasteiger partial charge in [0.05, 0.1) is 0 Å². The minimum absolute atomic E-state index is 0.734. The molecule has 0 N–H and O–H groups in total. The first-order valence-electron chi connectivity index (χ1n) is 2.04. The molecule has 0 aromatic rings. The summed E-state index contributed by atoms with van der Waals surface area (Å²) in [6.07, 6.45) is 0. The summed E-state index contributed by atoms with van der Waals surface area (Å²) in [5.41, 5.74) is 0. The van der Waals surface area contributed by atoms with Crippen molar-refractivity contribution in [1.29, 1.82) is 0 Å². The molecule has 1 unspecified atom stereocenters. The Kier molecular flexibility index (Phi) is 5.68. The van der Waals surface area contributed by atoms with Crippen molar-refractivity contribution >= 4 is 98.7 Å². The van der Waals surface area contributed by atoms with E-state index in [0.29, 0.717) is 0 Å². The second-order valence-corrected chi connectivity index (χ2v) is 20.1. The molecule has 0 saturated heterocycles. The molecule has 0 aliphatic rings. The van der Waals surface area contributed by atoms with E-state index in [9.17, 15) is 0 Å². The average Bonchev–Trinajstić information content (AvgIpc) is 1.53. The molecule has 0 radical (unpaired) electrons. The SMILES string of the molecule is PN(Cl)P(Cl)(Cl)(Cl)N=P(Cl)(Cl)Cl. The van der Waals surface area contributed by atoms with Crippen molar-refractivity contribution in [3.8, 4) is 0 Å². The molecule has 0 heterocycles. The summed E-state index contributed by atoms with van der Waals surface area (Å²) in [5, 5.41) is -3.09. The van der Waals surface area contributed by atoms with Gasteiger partial charge >= 0.3 is 107 Å². The van der Waals surface area contributed by atoms with Crippen molar-refractivity contribution in [3.63, 3.8) is 0 Å². The number of hydrogen-bond acceptors (Lipinski definition) is 2. The standard InChI is InChI=1S/Cl7H2N2P3/c1-9(10)12(5,6,7)8-11(2,3)4/h10H2. The summed E-state index contributed by atoms with van der Waals surface area (Å²) in [4.78, 5) is -4.12. The third-order valence-corrected chi connectivity index (χ3v) is 12.5. The first-order valence-corrected chi connectivity index (χ1v) is 12.2. The van der Waals surface area contributed by atoms with Crippen LogP contribution in [0.1, 0.15) is 0 Å². The molecule has 0 rings (SSSR count). The van der Waals surface area contributed by atoms with Gasteiger partial charge in [0.15, 0.2) is 0 Å². The fourth-order valence-corrected chi connectivity index (χ4v) is 11.6. The molecule has 0 amide bonds. The van der Waals surface area contributed by atoms with Crippen molar-refractivity contribution < 1.29 is 0 Å². The van der Waals surface area contributed by atoms with Gasteiger partial charge in [0.2, 0.25) is 0 Å². The van der Waals surface area contributed by atoms with Crippen LogP contribution in [0.2, 0.25) is 0 Å². The van der Waals surface area contributed by atoms with Gasteiger partial charge in [-0.05, 0) is 0 Å². The maximum atomic E-state index is 5.65. The number of rotatable bonds is 2. The van der Waals surface area contributed by atoms with Gasteiger partial charge in [0.25, 0.3) is 0 Å². The van der Waals surface area contributed by atoms with E-state index in [0.717, 1.165) is 3.96 Å². The van der Waals surface area contributed by atoms with Gasteiger partial charge in [-0.1, -0.05) is 0 Å². The molecule has 0 aliphatic heterocycles. The van der Waals surface area contributed by atoms with Gasteiger partial charge in [0, 0.05) is 0 Å². The second-order valence-electron chi connectivity index (χ2n) is 1.53. The molecule has 0 aromatic heterocycles. The van der Waals surface area contributed by atoms with Crippen LogP contribution < -0.4 is 0 Å². The Bertz CT molecular complexity index is 210. The van der Waals surface area contributed by atoms with Gasteiger partial charge in [0.1, 0.15) is 0 Å². The predicted octanol–water partition coefficient (Wildman–Crippen LogP) is 6.74. The fourth-order valence-electron chi connectivity index (χ4n) is 0.199. The van der Waals surface area contributed by atoms with E-state index < -0.39 is 10.1 Å². The molecule has 12 heteroatoms. The molecular formula is H2Cl7N2P3. The molecule has 1 atom stereocenters. The Labute approximate surface area is 106 Å². The third-order valence-electron chi connectivity index (χ3n) is 0.545. The second kappa shape index (κ2) is 4.52. The first-order chi connectivity index (χ1) is 4.92. The van der Waals surface area contributed by atoms with Crippen molar-refractivity contribution in [2.24, 2.45) is 4.52 Å². The Morgan fingerprint density at radius 2 is 1.50 bits per heavy atom. The summed E-state index contributed by atoms with van der Waals surface area (Å²) in [6, 6.07) is 0. The zero-order valence-electron chi connectivity index (χ0n) is 5.01. The van der Waals surface area contributed by atoms with Gasteiger partial charge in [-0.3, -0.25) is 0 Å². The zero-order chi connectivity index (χ0) is 10.2. The Hall–Kier alpha value is 3.08. The Morgan fingerprint density at radius 1 is 1.17 bits per heavy atom. The third kappa shape index (κ3) is 5.84. The fraction of sp³-hybridized carbons (Fsp3) is 0. The quantitative estimate of drug-likeness (QED) is 0.388. The van der Waals surface area contributed by atoms with Crippen LogP contribution in [0, 0.1) is 0 Å². The van der Waals surface area contributed by atoms with Crippen LogP contribution in [0.15, 0.2) is 4.52 Å². The molecule has 0 saturated carbocycles.